The minimum Gasteiger partial charge on any atom is -0.495 e. The van der Waals surface area contributed by atoms with Crippen molar-refractivity contribution in [1.29, 1.82) is 0 Å². The van der Waals surface area contributed by atoms with Crippen molar-refractivity contribution in [3.05, 3.63) is 77.5 Å². The summed E-state index contributed by atoms with van der Waals surface area (Å²) in [6, 6.07) is 12.6. The van der Waals surface area contributed by atoms with Crippen LogP contribution < -0.4 is 15.4 Å². The number of aromatic nitrogens is 3. The molecule has 0 radical (unpaired) electrons. The number of anilines is 2. The molecule has 2 aromatic carbocycles. The molecule has 0 saturated heterocycles. The Morgan fingerprint density at radius 2 is 1.96 bits per heavy atom. The second kappa shape index (κ2) is 7.15. The monoisotopic (exact) mass is 379 g/mol. The van der Waals surface area contributed by atoms with E-state index in [0.29, 0.717) is 28.7 Å². The molecule has 1 aliphatic rings. The SMILES string of the molecule is COc1ccccc1NC(=O)C1=C(C)Nc2ncnn2[C@H]1c1ccc(F)cc1. The van der Waals surface area contributed by atoms with Gasteiger partial charge in [0.1, 0.15) is 23.9 Å². The lowest BCUT2D eigenvalue weighted by Crippen LogP contribution is -2.31. The summed E-state index contributed by atoms with van der Waals surface area (Å²) in [5.41, 5.74) is 2.37. The van der Waals surface area contributed by atoms with Crippen LogP contribution in [0.3, 0.4) is 0 Å². The first-order valence-corrected chi connectivity index (χ1v) is 8.65. The van der Waals surface area contributed by atoms with E-state index in [1.54, 1.807) is 43.0 Å². The number of fused-ring (bicyclic) bond motifs is 1. The highest BCUT2D eigenvalue weighted by Crippen LogP contribution is 2.35. The molecule has 1 aliphatic heterocycles. The van der Waals surface area contributed by atoms with Gasteiger partial charge < -0.3 is 15.4 Å². The van der Waals surface area contributed by atoms with Gasteiger partial charge in [-0.05, 0) is 36.8 Å². The van der Waals surface area contributed by atoms with E-state index >= 15 is 0 Å². The largest absolute Gasteiger partial charge is 0.495 e. The molecule has 0 saturated carbocycles. The number of allylic oxidation sites excluding steroid dienone is 1. The van der Waals surface area contributed by atoms with Gasteiger partial charge in [0.15, 0.2) is 0 Å². The number of para-hydroxylation sites is 2. The topological polar surface area (TPSA) is 81.1 Å². The van der Waals surface area contributed by atoms with Crippen LogP contribution in [0.1, 0.15) is 18.5 Å². The number of nitrogens with zero attached hydrogens (tertiary/aromatic N) is 3. The van der Waals surface area contributed by atoms with Crippen LogP contribution in [0.15, 0.2) is 66.1 Å². The Kier molecular flexibility index (Phi) is 4.52. The Labute approximate surface area is 160 Å². The fourth-order valence-electron chi connectivity index (χ4n) is 3.28. The summed E-state index contributed by atoms with van der Waals surface area (Å²) >= 11 is 0. The minimum atomic E-state index is -0.547. The number of hydrogen-bond acceptors (Lipinski definition) is 5. The molecule has 28 heavy (non-hydrogen) atoms. The van der Waals surface area contributed by atoms with E-state index in [1.807, 2.05) is 12.1 Å². The number of carbonyl (C=O) groups excluding carboxylic acids is 1. The van der Waals surface area contributed by atoms with Crippen molar-refractivity contribution in [3.63, 3.8) is 0 Å². The number of benzene rings is 2. The molecule has 1 aromatic heterocycles. The van der Waals surface area contributed by atoms with Crippen LogP contribution >= 0.6 is 0 Å². The van der Waals surface area contributed by atoms with E-state index < -0.39 is 6.04 Å². The van der Waals surface area contributed by atoms with E-state index in [-0.39, 0.29) is 11.7 Å². The maximum Gasteiger partial charge on any atom is 0.255 e. The van der Waals surface area contributed by atoms with Crippen LogP contribution in [0.5, 0.6) is 5.75 Å². The van der Waals surface area contributed by atoms with Gasteiger partial charge in [-0.25, -0.2) is 9.07 Å². The van der Waals surface area contributed by atoms with E-state index in [1.165, 1.54) is 18.5 Å². The summed E-state index contributed by atoms with van der Waals surface area (Å²) in [7, 11) is 1.54. The number of amides is 1. The lowest BCUT2D eigenvalue weighted by Gasteiger charge is -2.28. The Morgan fingerprint density at radius 1 is 1.21 bits per heavy atom. The number of methoxy groups -OCH3 is 1. The van der Waals surface area contributed by atoms with Crippen molar-refractivity contribution in [2.45, 2.75) is 13.0 Å². The first kappa shape index (κ1) is 17.7. The molecule has 1 atom stereocenters. The van der Waals surface area contributed by atoms with Crippen LogP contribution in [-0.4, -0.2) is 27.8 Å². The molecule has 0 fully saturated rings. The molecular weight excluding hydrogens is 361 g/mol. The lowest BCUT2D eigenvalue weighted by molar-refractivity contribution is -0.113. The highest BCUT2D eigenvalue weighted by molar-refractivity contribution is 6.06. The molecule has 8 heteroatoms. The van der Waals surface area contributed by atoms with Gasteiger partial charge >= 0.3 is 0 Å². The molecule has 0 unspecified atom stereocenters. The fraction of sp³-hybridized carbons (Fsp3) is 0.150. The summed E-state index contributed by atoms with van der Waals surface area (Å²) in [4.78, 5) is 17.4. The normalized spacial score (nSPS) is 15.6. The highest BCUT2D eigenvalue weighted by atomic mass is 19.1. The second-order valence-corrected chi connectivity index (χ2v) is 6.30. The van der Waals surface area contributed by atoms with Crippen molar-refractivity contribution < 1.29 is 13.9 Å². The summed E-state index contributed by atoms with van der Waals surface area (Å²) in [5, 5.41) is 10.3. The average Bonchev–Trinajstić information content (AvgIpc) is 3.16. The van der Waals surface area contributed by atoms with Crippen molar-refractivity contribution in [1.82, 2.24) is 14.8 Å². The smallest absolute Gasteiger partial charge is 0.255 e. The van der Waals surface area contributed by atoms with Gasteiger partial charge in [0.25, 0.3) is 5.91 Å². The van der Waals surface area contributed by atoms with E-state index in [9.17, 15) is 9.18 Å². The second-order valence-electron chi connectivity index (χ2n) is 6.30. The molecule has 7 nitrogen and oxygen atoms in total. The zero-order chi connectivity index (χ0) is 19.7. The summed E-state index contributed by atoms with van der Waals surface area (Å²) in [5.74, 6) is 0.403. The highest BCUT2D eigenvalue weighted by Gasteiger charge is 2.33. The van der Waals surface area contributed by atoms with E-state index in [0.717, 1.165) is 5.56 Å². The number of nitrogens with one attached hydrogen (secondary N) is 2. The van der Waals surface area contributed by atoms with E-state index in [4.69, 9.17) is 4.74 Å². The van der Waals surface area contributed by atoms with Crippen molar-refractivity contribution in [2.24, 2.45) is 0 Å². The number of carbonyl (C=O) groups is 1. The standard InChI is InChI=1S/C20H18FN5O2/c1-12-17(19(27)25-15-5-3-4-6-16(15)28-2)18(13-7-9-14(21)10-8-13)26-20(24-12)22-11-23-26/h3-11,18H,1-2H3,(H,25,27)(H,22,23,24)/t18-/m0/s1. The van der Waals surface area contributed by atoms with Crippen LogP contribution in [0.2, 0.25) is 0 Å². The predicted molar refractivity (Wildman–Crippen MR) is 103 cm³/mol. The first-order chi connectivity index (χ1) is 13.6. The van der Waals surface area contributed by atoms with Gasteiger partial charge in [-0.15, -0.1) is 0 Å². The molecule has 0 spiro atoms. The first-order valence-electron chi connectivity index (χ1n) is 8.65. The molecule has 0 aliphatic carbocycles. The van der Waals surface area contributed by atoms with Crippen LogP contribution in [-0.2, 0) is 4.79 Å². The Balaban J connectivity index is 1.76. The zero-order valence-electron chi connectivity index (χ0n) is 15.3. The summed E-state index contributed by atoms with van der Waals surface area (Å²) < 4.78 is 20.4. The molecule has 3 aromatic rings. The number of halogens is 1. The Morgan fingerprint density at radius 3 is 2.71 bits per heavy atom. The summed E-state index contributed by atoms with van der Waals surface area (Å²) in [6.45, 7) is 1.80. The van der Waals surface area contributed by atoms with Crippen molar-refractivity contribution in [3.8, 4) is 5.75 Å². The molecule has 142 valence electrons. The Bertz CT molecular complexity index is 1060. The zero-order valence-corrected chi connectivity index (χ0v) is 15.3. The third-order valence-electron chi connectivity index (χ3n) is 4.58. The summed E-state index contributed by atoms with van der Waals surface area (Å²) in [6.07, 6.45) is 1.41. The predicted octanol–water partition coefficient (Wildman–Crippen LogP) is 3.35. The quantitative estimate of drug-likeness (QED) is 0.727. The van der Waals surface area contributed by atoms with Crippen LogP contribution in [0.4, 0.5) is 16.0 Å². The van der Waals surface area contributed by atoms with Crippen molar-refractivity contribution >= 4 is 17.5 Å². The third kappa shape index (κ3) is 3.09. The lowest BCUT2D eigenvalue weighted by atomic mass is 9.95. The third-order valence-corrected chi connectivity index (χ3v) is 4.58. The number of rotatable bonds is 4. The minimum absolute atomic E-state index is 0.315. The van der Waals surface area contributed by atoms with Gasteiger partial charge in [0.05, 0.1) is 18.4 Å². The number of hydrogen-bond donors (Lipinski definition) is 2. The average molecular weight is 379 g/mol. The van der Waals surface area contributed by atoms with Gasteiger partial charge in [0, 0.05) is 5.70 Å². The molecule has 1 amide bonds. The van der Waals surface area contributed by atoms with Crippen LogP contribution in [0.25, 0.3) is 0 Å². The van der Waals surface area contributed by atoms with Crippen LogP contribution in [0, 0.1) is 5.82 Å². The maximum atomic E-state index is 13.4. The van der Waals surface area contributed by atoms with Gasteiger partial charge in [-0.1, -0.05) is 24.3 Å². The van der Waals surface area contributed by atoms with Gasteiger partial charge in [-0.2, -0.15) is 10.1 Å². The number of ether oxygens (including phenoxy) is 1. The molecule has 4 rings (SSSR count). The molecular formula is C20H18FN5O2. The molecule has 0 bridgehead atoms. The van der Waals surface area contributed by atoms with E-state index in [2.05, 4.69) is 20.7 Å². The van der Waals surface area contributed by atoms with Gasteiger partial charge in [0.2, 0.25) is 5.95 Å². The van der Waals surface area contributed by atoms with Gasteiger partial charge in [-0.3, -0.25) is 4.79 Å². The molecule has 2 N–H and O–H groups in total. The maximum absolute atomic E-state index is 13.4. The van der Waals surface area contributed by atoms with Crippen molar-refractivity contribution in [2.75, 3.05) is 17.7 Å². The molecule has 2 heterocycles. The Hall–Kier alpha value is -3.68. The fourth-order valence-corrected chi connectivity index (χ4v) is 3.28.